The zero-order chi connectivity index (χ0) is 20.6. The largest absolute Gasteiger partial charge is 0.496 e. The van der Waals surface area contributed by atoms with Gasteiger partial charge < -0.3 is 15.0 Å². The third kappa shape index (κ3) is 6.32. The Hall–Kier alpha value is -2.34. The minimum Gasteiger partial charge on any atom is -0.496 e. The van der Waals surface area contributed by atoms with Gasteiger partial charge >= 0.3 is 0 Å². The highest BCUT2D eigenvalue weighted by Crippen LogP contribution is 2.24. The molecular formula is C23H28ClN3O2. The van der Waals surface area contributed by atoms with E-state index in [2.05, 4.69) is 34.3 Å². The van der Waals surface area contributed by atoms with E-state index in [1.54, 1.807) is 31.4 Å². The van der Waals surface area contributed by atoms with Gasteiger partial charge in [0.15, 0.2) is 0 Å². The van der Waals surface area contributed by atoms with E-state index in [1.807, 2.05) is 18.2 Å². The number of nitrogens with one attached hydrogen (secondary N) is 1. The topological polar surface area (TPSA) is 44.8 Å². The fourth-order valence-corrected chi connectivity index (χ4v) is 3.61. The molecule has 1 amide bonds. The Morgan fingerprint density at radius 3 is 2.59 bits per heavy atom. The fraction of sp³-hybridized carbons (Fsp3) is 0.348. The maximum atomic E-state index is 12.7. The summed E-state index contributed by atoms with van der Waals surface area (Å²) in [5.74, 6) is 0.533. The normalized spacial score (nSPS) is 16.7. The number of benzene rings is 2. The number of amides is 1. The van der Waals surface area contributed by atoms with Gasteiger partial charge in [0.05, 0.1) is 13.2 Å². The van der Waals surface area contributed by atoms with E-state index in [9.17, 15) is 4.79 Å². The van der Waals surface area contributed by atoms with E-state index in [4.69, 9.17) is 16.3 Å². The van der Waals surface area contributed by atoms with Crippen LogP contribution in [0.15, 0.2) is 54.6 Å². The number of methoxy groups -OCH3 is 1. The van der Waals surface area contributed by atoms with Gasteiger partial charge in [0.1, 0.15) is 5.75 Å². The Morgan fingerprint density at radius 1 is 1.17 bits per heavy atom. The number of nitrogens with zero attached hydrogens (tertiary/aromatic N) is 2. The van der Waals surface area contributed by atoms with Gasteiger partial charge in [-0.05, 0) is 36.9 Å². The van der Waals surface area contributed by atoms with Gasteiger partial charge in [-0.3, -0.25) is 9.69 Å². The third-order valence-electron chi connectivity index (χ3n) is 5.16. The monoisotopic (exact) mass is 413 g/mol. The van der Waals surface area contributed by atoms with Crippen LogP contribution in [0.2, 0.25) is 5.02 Å². The van der Waals surface area contributed by atoms with Crippen molar-refractivity contribution >= 4 is 23.6 Å². The van der Waals surface area contributed by atoms with Crippen molar-refractivity contribution in [3.63, 3.8) is 0 Å². The molecule has 1 unspecified atom stereocenters. The number of rotatable bonds is 7. The highest BCUT2D eigenvalue weighted by Gasteiger charge is 2.20. The lowest BCUT2D eigenvalue weighted by Crippen LogP contribution is -2.47. The van der Waals surface area contributed by atoms with Crippen molar-refractivity contribution < 1.29 is 9.53 Å². The predicted molar refractivity (Wildman–Crippen MR) is 118 cm³/mol. The third-order valence-corrected chi connectivity index (χ3v) is 5.40. The van der Waals surface area contributed by atoms with E-state index in [0.29, 0.717) is 10.8 Å². The van der Waals surface area contributed by atoms with Crippen molar-refractivity contribution in [1.29, 1.82) is 0 Å². The minimum atomic E-state index is -0.144. The molecule has 0 radical (unpaired) electrons. The van der Waals surface area contributed by atoms with Crippen LogP contribution in [0.5, 0.6) is 5.75 Å². The summed E-state index contributed by atoms with van der Waals surface area (Å²) in [6.45, 7) is 4.89. The van der Waals surface area contributed by atoms with Gasteiger partial charge in [0.2, 0.25) is 5.91 Å². The molecule has 3 rings (SSSR count). The van der Waals surface area contributed by atoms with E-state index in [0.717, 1.165) is 43.9 Å². The second-order valence-electron chi connectivity index (χ2n) is 7.30. The maximum absolute atomic E-state index is 12.7. The summed E-state index contributed by atoms with van der Waals surface area (Å²) in [6, 6.07) is 15.4. The van der Waals surface area contributed by atoms with Crippen LogP contribution in [0.3, 0.4) is 0 Å². The first-order valence-corrected chi connectivity index (χ1v) is 10.2. The van der Waals surface area contributed by atoms with Crippen LogP contribution < -0.4 is 10.1 Å². The van der Waals surface area contributed by atoms with Gasteiger partial charge in [0, 0.05) is 49.4 Å². The first-order valence-electron chi connectivity index (χ1n) is 9.83. The Balaban J connectivity index is 1.70. The molecule has 2 aromatic carbocycles. The number of carbonyl (C=O) groups is 1. The van der Waals surface area contributed by atoms with E-state index < -0.39 is 0 Å². The van der Waals surface area contributed by atoms with Crippen LogP contribution in [0, 0.1) is 0 Å². The minimum absolute atomic E-state index is 0.0713. The first kappa shape index (κ1) is 21.4. The van der Waals surface area contributed by atoms with Crippen molar-refractivity contribution in [2.45, 2.75) is 6.04 Å². The lowest BCUT2D eigenvalue weighted by molar-refractivity contribution is -0.117. The summed E-state index contributed by atoms with van der Waals surface area (Å²) in [5.41, 5.74) is 1.87. The summed E-state index contributed by atoms with van der Waals surface area (Å²) in [7, 11) is 3.74. The number of halogens is 1. The van der Waals surface area contributed by atoms with E-state index >= 15 is 0 Å². The summed E-state index contributed by atoms with van der Waals surface area (Å²) in [5, 5.41) is 3.76. The quantitative estimate of drug-likeness (QED) is 0.706. The van der Waals surface area contributed by atoms with Crippen LogP contribution in [-0.4, -0.2) is 62.6 Å². The van der Waals surface area contributed by atoms with Gasteiger partial charge in [-0.2, -0.15) is 0 Å². The molecule has 0 bridgehead atoms. The number of piperazine rings is 1. The lowest BCUT2D eigenvalue weighted by atomic mass is 10.1. The summed E-state index contributed by atoms with van der Waals surface area (Å²) >= 11 is 6.07. The summed E-state index contributed by atoms with van der Waals surface area (Å²) in [6.07, 6.45) is 3.27. The van der Waals surface area contributed by atoms with Crippen molar-refractivity contribution in [3.05, 3.63) is 70.8 Å². The van der Waals surface area contributed by atoms with Crippen molar-refractivity contribution in [2.75, 3.05) is 46.9 Å². The van der Waals surface area contributed by atoms with Crippen LogP contribution in [0.4, 0.5) is 0 Å². The molecule has 29 heavy (non-hydrogen) atoms. The molecule has 0 aromatic heterocycles. The highest BCUT2D eigenvalue weighted by molar-refractivity contribution is 6.30. The second kappa shape index (κ2) is 10.4. The van der Waals surface area contributed by atoms with Gasteiger partial charge in [-0.25, -0.2) is 0 Å². The number of carbonyl (C=O) groups excluding carboxylic acids is 1. The smallest absolute Gasteiger partial charge is 0.244 e. The Kier molecular flexibility index (Phi) is 7.69. The summed E-state index contributed by atoms with van der Waals surface area (Å²) < 4.78 is 5.34. The molecule has 1 N–H and O–H groups in total. The number of ether oxygens (including phenoxy) is 1. The van der Waals surface area contributed by atoms with Crippen LogP contribution in [0.1, 0.15) is 17.2 Å². The Labute approximate surface area is 177 Å². The fourth-order valence-electron chi connectivity index (χ4n) is 3.43. The lowest BCUT2D eigenvalue weighted by Gasteiger charge is -2.34. The first-order chi connectivity index (χ1) is 14.0. The molecule has 1 aliphatic rings. The molecule has 154 valence electrons. The highest BCUT2D eigenvalue weighted by atomic mass is 35.5. The molecule has 5 nitrogen and oxygen atoms in total. The molecule has 1 atom stereocenters. The van der Waals surface area contributed by atoms with Gasteiger partial charge in [-0.15, -0.1) is 0 Å². The van der Waals surface area contributed by atoms with E-state index in [1.165, 1.54) is 6.08 Å². The standard InChI is InChI=1S/C23H28ClN3O2/c1-26-12-14-27(15-13-26)17-21(18-6-4-3-5-7-18)25-23(28)11-8-19-16-20(24)9-10-22(19)29-2/h3-11,16,21H,12-15,17H2,1-2H3,(H,25,28)/b11-8+. The second-order valence-corrected chi connectivity index (χ2v) is 7.73. The van der Waals surface area contributed by atoms with Crippen molar-refractivity contribution in [1.82, 2.24) is 15.1 Å². The number of likely N-dealkylation sites (N-methyl/N-ethyl adjacent to an activating group) is 1. The molecular weight excluding hydrogens is 386 g/mol. The summed E-state index contributed by atoms with van der Waals surface area (Å²) in [4.78, 5) is 17.4. The Bertz CT molecular complexity index is 833. The molecule has 0 saturated carbocycles. The predicted octanol–water partition coefficient (Wildman–Crippen LogP) is 3.47. The van der Waals surface area contributed by atoms with Crippen LogP contribution in [-0.2, 0) is 4.79 Å². The molecule has 0 spiro atoms. The zero-order valence-electron chi connectivity index (χ0n) is 17.0. The van der Waals surface area contributed by atoms with E-state index in [-0.39, 0.29) is 11.9 Å². The number of hydrogen-bond donors (Lipinski definition) is 1. The Morgan fingerprint density at radius 2 is 1.90 bits per heavy atom. The van der Waals surface area contributed by atoms with Crippen molar-refractivity contribution in [3.8, 4) is 5.75 Å². The molecule has 0 aliphatic carbocycles. The average Bonchev–Trinajstić information content (AvgIpc) is 2.74. The maximum Gasteiger partial charge on any atom is 0.244 e. The molecule has 2 aromatic rings. The van der Waals surface area contributed by atoms with Gasteiger partial charge in [-0.1, -0.05) is 41.9 Å². The van der Waals surface area contributed by atoms with Crippen molar-refractivity contribution in [2.24, 2.45) is 0 Å². The number of hydrogen-bond acceptors (Lipinski definition) is 4. The molecule has 1 saturated heterocycles. The molecule has 1 aliphatic heterocycles. The SMILES string of the molecule is COc1ccc(Cl)cc1/C=C/C(=O)NC(CN1CCN(C)CC1)c1ccccc1. The van der Waals surface area contributed by atoms with Crippen LogP contribution in [0.25, 0.3) is 6.08 Å². The van der Waals surface area contributed by atoms with Gasteiger partial charge in [0.25, 0.3) is 0 Å². The molecule has 6 heteroatoms. The average molecular weight is 414 g/mol. The molecule has 1 heterocycles. The zero-order valence-corrected chi connectivity index (χ0v) is 17.7. The molecule has 1 fully saturated rings. The van der Waals surface area contributed by atoms with Crippen LogP contribution >= 0.6 is 11.6 Å².